The summed E-state index contributed by atoms with van der Waals surface area (Å²) in [5, 5.41) is 0. The number of amides is 1. The molecule has 3 heteroatoms. The van der Waals surface area contributed by atoms with Gasteiger partial charge >= 0.3 is 0 Å². The third-order valence-electron chi connectivity index (χ3n) is 4.84. The first-order valence-corrected chi connectivity index (χ1v) is 7.68. The molecule has 1 amide bonds. The molecule has 0 bridgehead atoms. The fraction of sp³-hybridized carbons (Fsp3) is 0.588. The molecule has 1 fully saturated rings. The highest BCUT2D eigenvalue weighted by molar-refractivity contribution is 5.90. The number of rotatable bonds is 5. The molecular weight excluding hydrogens is 248 g/mol. The molecule has 20 heavy (non-hydrogen) atoms. The van der Waals surface area contributed by atoms with Gasteiger partial charge in [0.1, 0.15) is 0 Å². The second-order valence-electron chi connectivity index (χ2n) is 5.82. The monoisotopic (exact) mass is 274 g/mol. The first-order chi connectivity index (χ1) is 9.57. The van der Waals surface area contributed by atoms with Gasteiger partial charge in [0.15, 0.2) is 0 Å². The van der Waals surface area contributed by atoms with Crippen LogP contribution in [-0.2, 0) is 10.2 Å². The van der Waals surface area contributed by atoms with Gasteiger partial charge in [-0.15, -0.1) is 0 Å². The van der Waals surface area contributed by atoms with Gasteiger partial charge in [0, 0.05) is 19.1 Å². The second kappa shape index (κ2) is 5.96. The normalized spacial score (nSPS) is 26.7. The summed E-state index contributed by atoms with van der Waals surface area (Å²) in [7, 11) is 0. The number of benzene rings is 1. The highest BCUT2D eigenvalue weighted by Gasteiger charge is 2.55. The van der Waals surface area contributed by atoms with Crippen LogP contribution in [0.1, 0.15) is 39.2 Å². The lowest BCUT2D eigenvalue weighted by Gasteiger charge is -2.52. The van der Waals surface area contributed by atoms with Gasteiger partial charge in [-0.3, -0.25) is 4.79 Å². The van der Waals surface area contributed by atoms with E-state index >= 15 is 0 Å². The summed E-state index contributed by atoms with van der Waals surface area (Å²) in [6.45, 7) is 7.63. The number of likely N-dealkylation sites (N-methyl/N-ethyl adjacent to an activating group) is 1. The zero-order chi connectivity index (χ0) is 14.8. The van der Waals surface area contributed by atoms with Crippen molar-refractivity contribution in [3.63, 3.8) is 0 Å². The van der Waals surface area contributed by atoms with E-state index in [1.54, 1.807) is 0 Å². The number of hydrogen-bond acceptors (Lipinski definition) is 2. The Morgan fingerprint density at radius 1 is 1.35 bits per heavy atom. The van der Waals surface area contributed by atoms with E-state index in [2.05, 4.69) is 12.1 Å². The van der Waals surface area contributed by atoms with Crippen LogP contribution in [0.15, 0.2) is 30.3 Å². The van der Waals surface area contributed by atoms with Crippen molar-refractivity contribution < 1.29 is 4.79 Å². The standard InChI is InChI=1S/C17H26N2O/c1-4-19(5-2)16(20)17(12-11-15(17)13(3)18)14-9-7-6-8-10-14/h6-10,13,15H,4-5,11-12,18H2,1-3H3/t13?,15-,17+/m0/s1. The van der Waals surface area contributed by atoms with Crippen LogP contribution in [0.5, 0.6) is 0 Å². The molecule has 1 saturated carbocycles. The van der Waals surface area contributed by atoms with Gasteiger partial charge in [-0.05, 0) is 45.1 Å². The Balaban J connectivity index is 2.43. The minimum Gasteiger partial charge on any atom is -0.342 e. The van der Waals surface area contributed by atoms with Gasteiger partial charge in [-0.1, -0.05) is 30.3 Å². The molecule has 1 aromatic carbocycles. The molecule has 0 heterocycles. The number of carbonyl (C=O) groups is 1. The molecule has 0 spiro atoms. The van der Waals surface area contributed by atoms with Crippen molar-refractivity contribution in [3.05, 3.63) is 35.9 Å². The van der Waals surface area contributed by atoms with Gasteiger partial charge in [-0.2, -0.15) is 0 Å². The summed E-state index contributed by atoms with van der Waals surface area (Å²) in [5.41, 5.74) is 6.89. The van der Waals surface area contributed by atoms with Crippen molar-refractivity contribution in [2.45, 2.75) is 45.1 Å². The predicted octanol–water partition coefficient (Wildman–Crippen LogP) is 2.55. The molecular formula is C17H26N2O. The molecule has 0 saturated heterocycles. The average molecular weight is 274 g/mol. The van der Waals surface area contributed by atoms with Crippen LogP contribution in [0, 0.1) is 5.92 Å². The Kier molecular flexibility index (Phi) is 4.48. The van der Waals surface area contributed by atoms with Crippen molar-refractivity contribution in [2.75, 3.05) is 13.1 Å². The zero-order valence-corrected chi connectivity index (χ0v) is 12.8. The fourth-order valence-electron chi connectivity index (χ4n) is 3.59. The maximum absolute atomic E-state index is 13.1. The lowest BCUT2D eigenvalue weighted by molar-refractivity contribution is -0.145. The summed E-state index contributed by atoms with van der Waals surface area (Å²) in [4.78, 5) is 15.0. The molecule has 1 aliphatic rings. The highest BCUT2D eigenvalue weighted by atomic mass is 16.2. The number of nitrogens with two attached hydrogens (primary N) is 1. The molecule has 2 N–H and O–H groups in total. The highest BCUT2D eigenvalue weighted by Crippen LogP contribution is 2.51. The molecule has 1 aliphatic carbocycles. The molecule has 0 radical (unpaired) electrons. The minimum absolute atomic E-state index is 0.0449. The van der Waals surface area contributed by atoms with Crippen molar-refractivity contribution in [3.8, 4) is 0 Å². The van der Waals surface area contributed by atoms with E-state index in [9.17, 15) is 4.79 Å². The molecule has 3 atom stereocenters. The van der Waals surface area contributed by atoms with E-state index < -0.39 is 5.41 Å². The van der Waals surface area contributed by atoms with E-state index in [4.69, 9.17) is 5.73 Å². The summed E-state index contributed by atoms with van der Waals surface area (Å²) < 4.78 is 0. The smallest absolute Gasteiger partial charge is 0.233 e. The number of nitrogens with zero attached hydrogens (tertiary/aromatic N) is 1. The molecule has 110 valence electrons. The van der Waals surface area contributed by atoms with Crippen molar-refractivity contribution in [2.24, 2.45) is 11.7 Å². The predicted molar refractivity (Wildman–Crippen MR) is 82.4 cm³/mol. The van der Waals surface area contributed by atoms with Crippen LogP contribution in [0.25, 0.3) is 0 Å². The fourth-order valence-corrected chi connectivity index (χ4v) is 3.59. The van der Waals surface area contributed by atoms with Crippen LogP contribution in [0.3, 0.4) is 0 Å². The summed E-state index contributed by atoms with van der Waals surface area (Å²) in [6.07, 6.45) is 1.96. The Morgan fingerprint density at radius 2 is 1.95 bits per heavy atom. The largest absolute Gasteiger partial charge is 0.342 e. The van der Waals surface area contributed by atoms with E-state index in [0.717, 1.165) is 31.5 Å². The van der Waals surface area contributed by atoms with E-state index in [1.807, 2.05) is 43.9 Å². The van der Waals surface area contributed by atoms with Gasteiger partial charge in [0.25, 0.3) is 0 Å². The summed E-state index contributed by atoms with van der Waals surface area (Å²) >= 11 is 0. The lowest BCUT2D eigenvalue weighted by atomic mass is 9.54. The zero-order valence-electron chi connectivity index (χ0n) is 12.8. The molecule has 1 unspecified atom stereocenters. The molecule has 1 aromatic rings. The van der Waals surface area contributed by atoms with Crippen LogP contribution in [-0.4, -0.2) is 29.9 Å². The van der Waals surface area contributed by atoms with Gasteiger partial charge in [-0.25, -0.2) is 0 Å². The van der Waals surface area contributed by atoms with Crippen molar-refractivity contribution in [1.82, 2.24) is 4.90 Å². The second-order valence-corrected chi connectivity index (χ2v) is 5.82. The Morgan fingerprint density at radius 3 is 2.35 bits per heavy atom. The third kappa shape index (κ3) is 2.24. The molecule has 3 nitrogen and oxygen atoms in total. The van der Waals surface area contributed by atoms with E-state index in [0.29, 0.717) is 0 Å². The first kappa shape index (κ1) is 15.0. The van der Waals surface area contributed by atoms with Gasteiger partial charge in [0.2, 0.25) is 5.91 Å². The van der Waals surface area contributed by atoms with Crippen LogP contribution < -0.4 is 5.73 Å². The first-order valence-electron chi connectivity index (χ1n) is 7.68. The van der Waals surface area contributed by atoms with Crippen molar-refractivity contribution in [1.29, 1.82) is 0 Å². The Bertz CT molecular complexity index is 453. The Hall–Kier alpha value is -1.35. The average Bonchev–Trinajstić information content (AvgIpc) is 2.40. The summed E-state index contributed by atoms with van der Waals surface area (Å²) in [6, 6.07) is 10.2. The summed E-state index contributed by atoms with van der Waals surface area (Å²) in [5.74, 6) is 0.500. The minimum atomic E-state index is -0.401. The van der Waals surface area contributed by atoms with Gasteiger partial charge in [0.05, 0.1) is 5.41 Å². The third-order valence-corrected chi connectivity index (χ3v) is 4.84. The topological polar surface area (TPSA) is 46.3 Å². The maximum Gasteiger partial charge on any atom is 0.233 e. The number of carbonyl (C=O) groups excluding carboxylic acids is 1. The lowest BCUT2D eigenvalue weighted by Crippen LogP contribution is -2.60. The van der Waals surface area contributed by atoms with E-state index in [1.165, 1.54) is 0 Å². The molecule has 0 aliphatic heterocycles. The van der Waals surface area contributed by atoms with Crippen LogP contribution in [0.2, 0.25) is 0 Å². The Labute approximate surface area is 122 Å². The molecule has 0 aromatic heterocycles. The van der Waals surface area contributed by atoms with Gasteiger partial charge < -0.3 is 10.6 Å². The number of hydrogen-bond donors (Lipinski definition) is 1. The molecule has 2 rings (SSSR count). The van der Waals surface area contributed by atoms with Crippen molar-refractivity contribution >= 4 is 5.91 Å². The maximum atomic E-state index is 13.1. The van der Waals surface area contributed by atoms with Crippen LogP contribution in [0.4, 0.5) is 0 Å². The quantitative estimate of drug-likeness (QED) is 0.897. The SMILES string of the molecule is CCN(CC)C(=O)[C@@]1(c2ccccc2)CC[C@H]1C(C)N. The van der Waals surface area contributed by atoms with E-state index in [-0.39, 0.29) is 17.9 Å². The van der Waals surface area contributed by atoms with Crippen LogP contribution >= 0.6 is 0 Å².